The molecule has 0 aliphatic rings. The Bertz CT molecular complexity index is 993. The van der Waals surface area contributed by atoms with E-state index in [1.165, 1.54) is 30.3 Å². The van der Waals surface area contributed by atoms with E-state index >= 15 is 0 Å². The first-order valence-electron chi connectivity index (χ1n) is 9.26. The highest BCUT2D eigenvalue weighted by atomic mass is 35.5. The molecule has 10 heteroatoms. The van der Waals surface area contributed by atoms with E-state index in [0.29, 0.717) is 24.2 Å². The van der Waals surface area contributed by atoms with Gasteiger partial charge in [-0.3, -0.25) is 4.79 Å². The number of ether oxygens (including phenoxy) is 2. The average Bonchev–Trinajstić information content (AvgIpc) is 2.72. The standard InChI is InChI=1S/C20H23ClN2O6S/c1-3-11-22-30(26,27)16-9-10-18(17(21)12-16)29-13-19(24)23-15-7-5-14(6-8-15)20(25)28-4-2/h5-10,12,22H,3-4,11,13H2,1-2H3,(H,23,24). The third-order valence-electron chi connectivity index (χ3n) is 3.79. The van der Waals surface area contributed by atoms with Crippen LogP contribution >= 0.6 is 11.6 Å². The highest BCUT2D eigenvalue weighted by molar-refractivity contribution is 7.89. The van der Waals surface area contributed by atoms with Crippen molar-refractivity contribution in [3.8, 4) is 5.75 Å². The number of hydrogen-bond acceptors (Lipinski definition) is 6. The minimum absolute atomic E-state index is 0.0134. The summed E-state index contributed by atoms with van der Waals surface area (Å²) in [4.78, 5) is 23.7. The molecular formula is C20H23ClN2O6S. The smallest absolute Gasteiger partial charge is 0.338 e. The van der Waals surface area contributed by atoms with Gasteiger partial charge in [-0.25, -0.2) is 17.9 Å². The third-order valence-corrected chi connectivity index (χ3v) is 5.55. The fourth-order valence-electron chi connectivity index (χ4n) is 2.33. The molecular weight excluding hydrogens is 432 g/mol. The maximum Gasteiger partial charge on any atom is 0.338 e. The van der Waals surface area contributed by atoms with Crippen molar-refractivity contribution in [2.24, 2.45) is 0 Å². The first kappa shape index (κ1) is 23.7. The van der Waals surface area contributed by atoms with Gasteiger partial charge in [0, 0.05) is 12.2 Å². The molecule has 0 fully saturated rings. The van der Waals surface area contributed by atoms with Gasteiger partial charge < -0.3 is 14.8 Å². The fourth-order valence-corrected chi connectivity index (χ4v) is 3.79. The molecule has 0 aliphatic carbocycles. The summed E-state index contributed by atoms with van der Waals surface area (Å²) >= 11 is 6.09. The number of hydrogen-bond donors (Lipinski definition) is 2. The first-order valence-corrected chi connectivity index (χ1v) is 11.1. The molecule has 30 heavy (non-hydrogen) atoms. The summed E-state index contributed by atoms with van der Waals surface area (Å²) in [6, 6.07) is 10.2. The van der Waals surface area contributed by atoms with Crippen LogP contribution in [0.5, 0.6) is 5.75 Å². The molecule has 2 aromatic rings. The molecule has 0 atom stereocenters. The van der Waals surface area contributed by atoms with Gasteiger partial charge in [-0.05, 0) is 55.8 Å². The average molecular weight is 455 g/mol. The van der Waals surface area contributed by atoms with Crippen LogP contribution in [0.15, 0.2) is 47.4 Å². The van der Waals surface area contributed by atoms with Crippen molar-refractivity contribution in [2.45, 2.75) is 25.2 Å². The lowest BCUT2D eigenvalue weighted by Gasteiger charge is -2.11. The number of rotatable bonds is 10. The van der Waals surface area contributed by atoms with Crippen molar-refractivity contribution in [1.29, 1.82) is 0 Å². The number of carbonyl (C=O) groups excluding carboxylic acids is 2. The Hall–Kier alpha value is -2.62. The SMILES string of the molecule is CCCNS(=O)(=O)c1ccc(OCC(=O)Nc2ccc(C(=O)OCC)cc2)c(Cl)c1. The third kappa shape index (κ3) is 6.72. The van der Waals surface area contributed by atoms with Crippen molar-refractivity contribution in [3.05, 3.63) is 53.1 Å². The lowest BCUT2D eigenvalue weighted by Crippen LogP contribution is -2.24. The topological polar surface area (TPSA) is 111 Å². The zero-order valence-electron chi connectivity index (χ0n) is 16.6. The molecule has 0 spiro atoms. The van der Waals surface area contributed by atoms with Crippen LogP contribution in [0.2, 0.25) is 5.02 Å². The van der Waals surface area contributed by atoms with E-state index in [-0.39, 0.29) is 28.9 Å². The minimum Gasteiger partial charge on any atom is -0.482 e. The van der Waals surface area contributed by atoms with Gasteiger partial charge in [0.05, 0.1) is 22.1 Å². The minimum atomic E-state index is -3.65. The van der Waals surface area contributed by atoms with Gasteiger partial charge in [0.2, 0.25) is 10.0 Å². The van der Waals surface area contributed by atoms with Gasteiger partial charge in [-0.15, -0.1) is 0 Å². The lowest BCUT2D eigenvalue weighted by atomic mass is 10.2. The van der Waals surface area contributed by atoms with Crippen LogP contribution in [-0.4, -0.2) is 40.1 Å². The van der Waals surface area contributed by atoms with Gasteiger partial charge in [0.15, 0.2) is 6.61 Å². The van der Waals surface area contributed by atoms with Gasteiger partial charge in [0.25, 0.3) is 5.91 Å². The largest absolute Gasteiger partial charge is 0.482 e. The molecule has 0 unspecified atom stereocenters. The molecule has 0 saturated carbocycles. The molecule has 0 heterocycles. The summed E-state index contributed by atoms with van der Waals surface area (Å²) in [7, 11) is -3.65. The Kier molecular flexibility index (Phi) is 8.64. The van der Waals surface area contributed by atoms with Crippen molar-refractivity contribution in [2.75, 3.05) is 25.1 Å². The van der Waals surface area contributed by atoms with E-state index in [2.05, 4.69) is 10.0 Å². The quantitative estimate of drug-likeness (QED) is 0.533. The predicted octanol–water partition coefficient (Wildman–Crippen LogP) is 3.22. The number of halogens is 1. The number of esters is 1. The maximum atomic E-state index is 12.1. The second-order valence-corrected chi connectivity index (χ2v) is 8.30. The fraction of sp³-hybridized carbons (Fsp3) is 0.300. The first-order chi connectivity index (χ1) is 14.3. The zero-order valence-corrected chi connectivity index (χ0v) is 18.2. The molecule has 1 amide bonds. The second kappa shape index (κ2) is 11.0. The summed E-state index contributed by atoms with van der Waals surface area (Å²) in [5.74, 6) is -0.709. The molecule has 0 saturated heterocycles. The van der Waals surface area contributed by atoms with Crippen LogP contribution in [-0.2, 0) is 19.6 Å². The molecule has 2 N–H and O–H groups in total. The number of amides is 1. The van der Waals surface area contributed by atoms with Gasteiger partial charge >= 0.3 is 5.97 Å². The van der Waals surface area contributed by atoms with Crippen molar-refractivity contribution in [3.63, 3.8) is 0 Å². The van der Waals surface area contributed by atoms with Crippen LogP contribution in [0.1, 0.15) is 30.6 Å². The lowest BCUT2D eigenvalue weighted by molar-refractivity contribution is -0.118. The van der Waals surface area contributed by atoms with Gasteiger partial charge in [0.1, 0.15) is 5.75 Å². The second-order valence-electron chi connectivity index (χ2n) is 6.12. The Morgan fingerprint density at radius 3 is 2.37 bits per heavy atom. The Labute approximate surface area is 180 Å². The molecule has 162 valence electrons. The Balaban J connectivity index is 1.94. The number of benzene rings is 2. The van der Waals surface area contributed by atoms with Gasteiger partial charge in [-0.2, -0.15) is 0 Å². The van der Waals surface area contributed by atoms with E-state index < -0.39 is 21.9 Å². The van der Waals surface area contributed by atoms with Crippen molar-refractivity contribution >= 4 is 39.2 Å². The molecule has 2 rings (SSSR count). The summed E-state index contributed by atoms with van der Waals surface area (Å²) in [5, 5.41) is 2.69. The number of sulfonamides is 1. The highest BCUT2D eigenvalue weighted by Crippen LogP contribution is 2.27. The van der Waals surface area contributed by atoms with Crippen LogP contribution in [0.25, 0.3) is 0 Å². The molecule has 0 bridgehead atoms. The Morgan fingerprint density at radius 2 is 1.77 bits per heavy atom. The van der Waals surface area contributed by atoms with Crippen molar-refractivity contribution < 1.29 is 27.5 Å². The molecule has 0 aliphatic heterocycles. The normalized spacial score (nSPS) is 11.0. The monoisotopic (exact) mass is 454 g/mol. The highest BCUT2D eigenvalue weighted by Gasteiger charge is 2.16. The van der Waals surface area contributed by atoms with E-state index in [0.717, 1.165) is 0 Å². The van der Waals surface area contributed by atoms with E-state index in [4.69, 9.17) is 21.1 Å². The summed E-state index contributed by atoms with van der Waals surface area (Å²) in [5.41, 5.74) is 0.854. The van der Waals surface area contributed by atoms with E-state index in [1.807, 2.05) is 6.92 Å². The van der Waals surface area contributed by atoms with Crippen molar-refractivity contribution in [1.82, 2.24) is 4.72 Å². The number of nitrogens with one attached hydrogen (secondary N) is 2. The van der Waals surface area contributed by atoms with E-state index in [9.17, 15) is 18.0 Å². The maximum absolute atomic E-state index is 12.1. The van der Waals surface area contributed by atoms with Crippen LogP contribution in [0.4, 0.5) is 5.69 Å². The van der Waals surface area contributed by atoms with Gasteiger partial charge in [-0.1, -0.05) is 18.5 Å². The number of carbonyl (C=O) groups is 2. The number of anilines is 1. The molecule has 8 nitrogen and oxygen atoms in total. The van der Waals surface area contributed by atoms with Crippen LogP contribution in [0.3, 0.4) is 0 Å². The van der Waals surface area contributed by atoms with Crippen LogP contribution in [0, 0.1) is 0 Å². The molecule has 0 aromatic heterocycles. The summed E-state index contributed by atoms with van der Waals surface area (Å²) in [6.45, 7) is 3.83. The summed E-state index contributed by atoms with van der Waals surface area (Å²) in [6.07, 6.45) is 0.662. The molecule has 0 radical (unpaired) electrons. The molecule has 2 aromatic carbocycles. The Morgan fingerprint density at radius 1 is 1.07 bits per heavy atom. The van der Waals surface area contributed by atoms with Crippen LogP contribution < -0.4 is 14.8 Å². The predicted molar refractivity (Wildman–Crippen MR) is 113 cm³/mol. The summed E-state index contributed by atoms with van der Waals surface area (Å²) < 4.78 is 37.0. The zero-order chi connectivity index (χ0) is 22.1. The van der Waals surface area contributed by atoms with E-state index in [1.54, 1.807) is 19.1 Å².